The summed E-state index contributed by atoms with van der Waals surface area (Å²) >= 11 is 0. The Labute approximate surface area is 125 Å². The summed E-state index contributed by atoms with van der Waals surface area (Å²) in [4.78, 5) is 16.6. The summed E-state index contributed by atoms with van der Waals surface area (Å²) in [5, 5.41) is 3.00. The molecule has 5 heteroatoms. The second kappa shape index (κ2) is 5.07. The van der Waals surface area contributed by atoms with Crippen molar-refractivity contribution in [2.24, 2.45) is 17.1 Å². The molecule has 2 aliphatic rings. The van der Waals surface area contributed by atoms with Crippen molar-refractivity contribution >= 4 is 5.91 Å². The van der Waals surface area contributed by atoms with E-state index in [2.05, 4.69) is 10.3 Å². The third kappa shape index (κ3) is 2.07. The smallest absolute Gasteiger partial charge is 0.241 e. The summed E-state index contributed by atoms with van der Waals surface area (Å²) in [5.41, 5.74) is 6.52. The Balaban J connectivity index is 1.60. The van der Waals surface area contributed by atoms with Crippen molar-refractivity contribution in [3.8, 4) is 0 Å². The number of hydrogen-bond donors (Lipinski definition) is 2. The predicted molar refractivity (Wildman–Crippen MR) is 79.5 cm³/mol. The van der Waals surface area contributed by atoms with Crippen molar-refractivity contribution in [3.05, 3.63) is 30.1 Å². The van der Waals surface area contributed by atoms with Crippen LogP contribution < -0.4 is 11.1 Å². The topological polar surface area (TPSA) is 77.2 Å². The van der Waals surface area contributed by atoms with Crippen LogP contribution in [0.15, 0.2) is 24.5 Å². The number of ether oxygens (including phenoxy) is 1. The van der Waals surface area contributed by atoms with E-state index in [1.54, 1.807) is 12.4 Å². The number of amides is 1. The zero-order valence-electron chi connectivity index (χ0n) is 12.6. The molecule has 0 spiro atoms. The fraction of sp³-hybridized carbons (Fsp3) is 0.625. The largest absolute Gasteiger partial charge is 0.377 e. The van der Waals surface area contributed by atoms with Crippen LogP contribution in [0.4, 0.5) is 0 Å². The molecule has 1 saturated heterocycles. The van der Waals surface area contributed by atoms with Crippen LogP contribution in [-0.2, 0) is 16.0 Å². The number of nitrogens with zero attached hydrogens (tertiary/aromatic N) is 1. The Morgan fingerprint density at radius 1 is 1.48 bits per heavy atom. The SMILES string of the molecule is CC1(C)C2OCCC2C1(N)C(=O)NCCc1ccncc1. The van der Waals surface area contributed by atoms with Gasteiger partial charge in [0.15, 0.2) is 0 Å². The summed E-state index contributed by atoms with van der Waals surface area (Å²) in [6.45, 7) is 5.36. The number of carbonyl (C=O) groups is 1. The second-order valence-corrected chi connectivity index (χ2v) is 6.64. The Hall–Kier alpha value is -1.46. The summed E-state index contributed by atoms with van der Waals surface area (Å²) in [6.07, 6.45) is 5.31. The summed E-state index contributed by atoms with van der Waals surface area (Å²) in [6, 6.07) is 3.91. The fourth-order valence-electron chi connectivity index (χ4n) is 3.86. The average Bonchev–Trinajstić information content (AvgIpc) is 2.95. The minimum absolute atomic E-state index is 0.0479. The lowest BCUT2D eigenvalue weighted by molar-refractivity contribution is -0.175. The van der Waals surface area contributed by atoms with Gasteiger partial charge < -0.3 is 15.8 Å². The molecular formula is C16H23N3O2. The first-order chi connectivity index (χ1) is 9.98. The van der Waals surface area contributed by atoms with Crippen LogP contribution in [0, 0.1) is 11.3 Å². The number of pyridine rings is 1. The first-order valence-electron chi connectivity index (χ1n) is 7.55. The standard InChI is InChI=1S/C16H23N3O2/c1-15(2)13-12(6-10-21-13)16(15,17)14(20)19-9-5-11-3-7-18-8-4-11/h3-4,7-8,12-13H,5-6,9-10,17H2,1-2H3,(H,19,20). The van der Waals surface area contributed by atoms with Gasteiger partial charge in [-0.3, -0.25) is 9.78 Å². The zero-order chi connectivity index (χ0) is 15.1. The minimum atomic E-state index is -0.813. The van der Waals surface area contributed by atoms with Gasteiger partial charge in [0.1, 0.15) is 5.54 Å². The highest BCUT2D eigenvalue weighted by Gasteiger charge is 2.71. The molecule has 1 aliphatic carbocycles. The molecule has 2 heterocycles. The van der Waals surface area contributed by atoms with E-state index in [1.807, 2.05) is 26.0 Å². The van der Waals surface area contributed by atoms with Crippen molar-refractivity contribution in [2.45, 2.75) is 38.3 Å². The van der Waals surface area contributed by atoms with Gasteiger partial charge in [-0.05, 0) is 30.5 Å². The van der Waals surface area contributed by atoms with Crippen molar-refractivity contribution in [2.75, 3.05) is 13.2 Å². The van der Waals surface area contributed by atoms with Crippen molar-refractivity contribution in [1.82, 2.24) is 10.3 Å². The first kappa shape index (κ1) is 14.5. The van der Waals surface area contributed by atoms with Crippen LogP contribution in [0.1, 0.15) is 25.8 Å². The molecule has 1 saturated carbocycles. The van der Waals surface area contributed by atoms with Gasteiger partial charge in [0.25, 0.3) is 0 Å². The van der Waals surface area contributed by atoms with Gasteiger partial charge in [-0.1, -0.05) is 13.8 Å². The van der Waals surface area contributed by atoms with Gasteiger partial charge in [0.2, 0.25) is 5.91 Å². The highest BCUT2D eigenvalue weighted by Crippen LogP contribution is 2.58. The zero-order valence-corrected chi connectivity index (χ0v) is 12.6. The number of nitrogens with two attached hydrogens (primary N) is 1. The molecule has 3 unspecified atom stereocenters. The maximum atomic E-state index is 12.6. The van der Waals surface area contributed by atoms with Gasteiger partial charge in [-0.15, -0.1) is 0 Å². The van der Waals surface area contributed by atoms with E-state index in [-0.39, 0.29) is 23.3 Å². The van der Waals surface area contributed by atoms with Crippen molar-refractivity contribution in [3.63, 3.8) is 0 Å². The maximum absolute atomic E-state index is 12.6. The molecule has 21 heavy (non-hydrogen) atoms. The van der Waals surface area contributed by atoms with E-state index in [0.717, 1.165) is 18.4 Å². The number of fused-ring (bicyclic) bond motifs is 1. The van der Waals surface area contributed by atoms with Crippen molar-refractivity contribution < 1.29 is 9.53 Å². The molecular weight excluding hydrogens is 266 g/mol. The Bertz CT molecular complexity index is 532. The van der Waals surface area contributed by atoms with Gasteiger partial charge >= 0.3 is 0 Å². The van der Waals surface area contributed by atoms with E-state index >= 15 is 0 Å². The lowest BCUT2D eigenvalue weighted by atomic mass is 9.48. The molecule has 3 atom stereocenters. The predicted octanol–water partition coefficient (Wildman–Crippen LogP) is 0.883. The van der Waals surface area contributed by atoms with E-state index in [9.17, 15) is 4.79 Å². The van der Waals surface area contributed by atoms with Crippen LogP contribution in [-0.4, -0.2) is 35.7 Å². The molecule has 1 aromatic rings. The van der Waals surface area contributed by atoms with E-state index in [0.29, 0.717) is 13.2 Å². The molecule has 1 aromatic heterocycles. The summed E-state index contributed by atoms with van der Waals surface area (Å²) < 4.78 is 5.72. The van der Waals surface area contributed by atoms with Crippen molar-refractivity contribution in [1.29, 1.82) is 0 Å². The monoisotopic (exact) mass is 289 g/mol. The number of nitrogens with one attached hydrogen (secondary N) is 1. The van der Waals surface area contributed by atoms with Gasteiger partial charge in [0, 0.05) is 36.9 Å². The number of hydrogen-bond acceptors (Lipinski definition) is 4. The highest BCUT2D eigenvalue weighted by molar-refractivity contribution is 5.89. The van der Waals surface area contributed by atoms with E-state index in [1.165, 1.54) is 0 Å². The molecule has 1 amide bonds. The quantitative estimate of drug-likeness (QED) is 0.862. The van der Waals surface area contributed by atoms with Crippen LogP contribution in [0.25, 0.3) is 0 Å². The molecule has 1 aliphatic heterocycles. The maximum Gasteiger partial charge on any atom is 0.241 e. The highest BCUT2D eigenvalue weighted by atomic mass is 16.5. The Kier molecular flexibility index (Phi) is 3.50. The van der Waals surface area contributed by atoms with Gasteiger partial charge in [-0.2, -0.15) is 0 Å². The summed E-state index contributed by atoms with van der Waals surface area (Å²) in [5.74, 6) is 0.0988. The third-order valence-corrected chi connectivity index (χ3v) is 5.28. The van der Waals surface area contributed by atoms with Gasteiger partial charge in [-0.25, -0.2) is 0 Å². The average molecular weight is 289 g/mol. The van der Waals surface area contributed by atoms with Crippen LogP contribution in [0.2, 0.25) is 0 Å². The molecule has 2 fully saturated rings. The van der Waals surface area contributed by atoms with Crippen LogP contribution >= 0.6 is 0 Å². The molecule has 114 valence electrons. The van der Waals surface area contributed by atoms with E-state index < -0.39 is 5.54 Å². The first-order valence-corrected chi connectivity index (χ1v) is 7.55. The van der Waals surface area contributed by atoms with Crippen LogP contribution in [0.5, 0.6) is 0 Å². The second-order valence-electron chi connectivity index (χ2n) is 6.64. The molecule has 0 aromatic carbocycles. The molecule has 0 bridgehead atoms. The number of aromatic nitrogens is 1. The van der Waals surface area contributed by atoms with Crippen LogP contribution in [0.3, 0.4) is 0 Å². The molecule has 3 rings (SSSR count). The molecule has 5 nitrogen and oxygen atoms in total. The Morgan fingerprint density at radius 3 is 2.90 bits per heavy atom. The fourth-order valence-corrected chi connectivity index (χ4v) is 3.86. The normalized spacial score (nSPS) is 33.1. The molecule has 0 radical (unpaired) electrons. The lowest BCUT2D eigenvalue weighted by Crippen LogP contribution is -2.80. The summed E-state index contributed by atoms with van der Waals surface area (Å²) in [7, 11) is 0. The lowest BCUT2D eigenvalue weighted by Gasteiger charge is -2.60. The third-order valence-electron chi connectivity index (χ3n) is 5.28. The minimum Gasteiger partial charge on any atom is -0.377 e. The molecule has 3 N–H and O–H groups in total. The van der Waals surface area contributed by atoms with E-state index in [4.69, 9.17) is 10.5 Å². The number of rotatable bonds is 4. The Morgan fingerprint density at radius 2 is 2.19 bits per heavy atom. The number of carbonyl (C=O) groups excluding carboxylic acids is 1. The van der Waals surface area contributed by atoms with Gasteiger partial charge in [0.05, 0.1) is 6.10 Å².